The quantitative estimate of drug-likeness (QED) is 0.173. The van der Waals surface area contributed by atoms with Crippen LogP contribution in [-0.4, -0.2) is 109 Å². The number of piperidine rings is 1. The van der Waals surface area contributed by atoms with Crippen molar-refractivity contribution in [3.05, 3.63) is 12.7 Å². The van der Waals surface area contributed by atoms with Crippen molar-refractivity contribution >= 4 is 35.4 Å². The maximum absolute atomic E-state index is 14.3. The van der Waals surface area contributed by atoms with Gasteiger partial charge in [0.05, 0.1) is 19.3 Å². The minimum absolute atomic E-state index is 0.0642. The van der Waals surface area contributed by atoms with E-state index in [9.17, 15) is 28.8 Å². The van der Waals surface area contributed by atoms with Gasteiger partial charge in [-0.15, -0.1) is 6.58 Å². The zero-order valence-corrected chi connectivity index (χ0v) is 28.7. The Labute approximate surface area is 273 Å². The maximum Gasteiger partial charge on any atom is 0.316 e. The van der Waals surface area contributed by atoms with E-state index in [0.29, 0.717) is 39.3 Å². The highest BCUT2D eigenvalue weighted by atomic mass is 16.5. The van der Waals surface area contributed by atoms with E-state index < -0.39 is 59.1 Å². The van der Waals surface area contributed by atoms with Crippen molar-refractivity contribution in [2.24, 2.45) is 28.6 Å². The van der Waals surface area contributed by atoms with Crippen LogP contribution >= 0.6 is 0 Å². The lowest BCUT2D eigenvalue weighted by molar-refractivity contribution is -0.145. The van der Waals surface area contributed by atoms with E-state index in [1.165, 1.54) is 11.0 Å². The average molecular weight is 647 g/mol. The summed E-state index contributed by atoms with van der Waals surface area (Å²) in [4.78, 5) is 83.4. The van der Waals surface area contributed by atoms with Gasteiger partial charge in [0, 0.05) is 26.2 Å². The second kappa shape index (κ2) is 15.0. The number of Topliss-reactive ketones (excluding diaryl/α,β-unsaturated/α-hetero) is 1. The van der Waals surface area contributed by atoms with Gasteiger partial charge in [0.25, 0.3) is 5.91 Å². The second-order valence-corrected chi connectivity index (χ2v) is 14.7. The SMILES string of the molecule is C=CCNC(=O)C(=O)C(CCC)NC(=O)[C@@H]1[C@@H]2[C@H](CN1C(=O)[C@@H](NC(=O)N[C@H](C(=O)N1CCOCC1)C(C)C)C(C)(C)C)C2(C)C. The molecule has 6 atom stereocenters. The summed E-state index contributed by atoms with van der Waals surface area (Å²) < 4.78 is 5.35. The number of amides is 6. The first-order chi connectivity index (χ1) is 21.5. The number of likely N-dealkylation sites (tertiary alicyclic amines) is 1. The summed E-state index contributed by atoms with van der Waals surface area (Å²) in [6.07, 6.45) is 2.27. The van der Waals surface area contributed by atoms with Gasteiger partial charge in [-0.25, -0.2) is 4.79 Å². The molecule has 2 heterocycles. The van der Waals surface area contributed by atoms with Crippen LogP contribution < -0.4 is 21.3 Å². The minimum Gasteiger partial charge on any atom is -0.378 e. The number of ether oxygens (including phenoxy) is 1. The Balaban J connectivity index is 1.80. The minimum atomic E-state index is -1.04. The van der Waals surface area contributed by atoms with E-state index in [0.717, 1.165) is 0 Å². The Morgan fingerprint density at radius 2 is 1.63 bits per heavy atom. The third kappa shape index (κ3) is 8.26. The summed E-state index contributed by atoms with van der Waals surface area (Å²) in [6.45, 7) is 20.8. The van der Waals surface area contributed by atoms with E-state index in [2.05, 4.69) is 27.8 Å². The highest BCUT2D eigenvalue weighted by Gasteiger charge is 2.70. The Morgan fingerprint density at radius 3 is 2.17 bits per heavy atom. The topological polar surface area (TPSA) is 166 Å². The molecule has 0 spiro atoms. The van der Waals surface area contributed by atoms with Crippen LogP contribution in [0.2, 0.25) is 0 Å². The Hall–Kier alpha value is -3.48. The van der Waals surface area contributed by atoms with Gasteiger partial charge < -0.3 is 35.8 Å². The summed E-state index contributed by atoms with van der Waals surface area (Å²) in [5.74, 6) is -2.97. The molecule has 0 radical (unpaired) electrons. The molecule has 4 N–H and O–H groups in total. The largest absolute Gasteiger partial charge is 0.378 e. The molecule has 3 fully saturated rings. The van der Waals surface area contributed by atoms with Crippen LogP contribution in [0.15, 0.2) is 12.7 Å². The van der Waals surface area contributed by atoms with Crippen molar-refractivity contribution in [2.75, 3.05) is 39.4 Å². The number of rotatable bonds is 13. The molecule has 13 nitrogen and oxygen atoms in total. The average Bonchev–Trinajstić information content (AvgIpc) is 3.30. The van der Waals surface area contributed by atoms with Crippen LogP contribution in [-0.2, 0) is 28.7 Å². The number of urea groups is 1. The molecule has 46 heavy (non-hydrogen) atoms. The first-order valence-electron chi connectivity index (χ1n) is 16.4. The third-order valence-corrected chi connectivity index (χ3v) is 9.53. The van der Waals surface area contributed by atoms with Crippen LogP contribution in [0.5, 0.6) is 0 Å². The van der Waals surface area contributed by atoms with Gasteiger partial charge in [0.1, 0.15) is 18.1 Å². The summed E-state index contributed by atoms with van der Waals surface area (Å²) in [5, 5.41) is 10.9. The lowest BCUT2D eigenvalue weighted by Gasteiger charge is -2.38. The van der Waals surface area contributed by atoms with Gasteiger partial charge in [-0.1, -0.05) is 67.9 Å². The molecule has 258 valence electrons. The van der Waals surface area contributed by atoms with Crippen molar-refractivity contribution in [1.82, 2.24) is 31.1 Å². The number of fused-ring (bicyclic) bond motifs is 1. The van der Waals surface area contributed by atoms with E-state index in [-0.39, 0.29) is 42.0 Å². The lowest BCUT2D eigenvalue weighted by atomic mass is 9.85. The maximum atomic E-state index is 14.3. The summed E-state index contributed by atoms with van der Waals surface area (Å²) in [6, 6.07) is -4.40. The zero-order valence-electron chi connectivity index (χ0n) is 28.7. The second-order valence-electron chi connectivity index (χ2n) is 14.7. The number of carbonyl (C=O) groups excluding carboxylic acids is 6. The molecule has 0 aromatic heterocycles. The van der Waals surface area contributed by atoms with E-state index in [1.54, 1.807) is 4.90 Å². The molecule has 3 rings (SSSR count). The van der Waals surface area contributed by atoms with Crippen LogP contribution in [0.3, 0.4) is 0 Å². The van der Waals surface area contributed by atoms with Crippen molar-refractivity contribution in [3.8, 4) is 0 Å². The Bertz CT molecular complexity index is 1190. The summed E-state index contributed by atoms with van der Waals surface area (Å²) in [7, 11) is 0. The molecule has 1 saturated carbocycles. The van der Waals surface area contributed by atoms with E-state index in [1.807, 2.05) is 55.4 Å². The lowest BCUT2D eigenvalue weighted by Crippen LogP contribution is -2.63. The van der Waals surface area contributed by atoms with Crippen LogP contribution in [0.1, 0.15) is 68.2 Å². The van der Waals surface area contributed by atoms with Gasteiger partial charge in [0.2, 0.25) is 23.5 Å². The molecule has 1 aliphatic carbocycles. The molecular weight excluding hydrogens is 592 g/mol. The molecule has 0 aromatic carbocycles. The first kappa shape index (κ1) is 37.0. The number of hydrogen-bond donors (Lipinski definition) is 4. The standard InChI is InChI=1S/C33H54N6O7/c1-10-12-21(25(40)28(42)34-13-11-2)35-27(41)24-22-20(33(22,8)9)18-39(24)30(44)26(32(5,6)7)37-31(45)36-23(19(3)4)29(43)38-14-16-46-17-15-38/h11,19-24,26H,2,10,12-18H2,1,3-9H3,(H,34,42)(H,35,41)(H2,36,37,45)/t20-,21?,22-,23-,24-,26+/m0/s1. The Kier molecular flexibility index (Phi) is 12.0. The van der Waals surface area contributed by atoms with Gasteiger partial charge in [-0.2, -0.15) is 0 Å². The smallest absolute Gasteiger partial charge is 0.316 e. The van der Waals surface area contributed by atoms with Crippen molar-refractivity contribution in [2.45, 2.75) is 92.4 Å². The number of ketones is 1. The molecule has 13 heteroatoms. The van der Waals surface area contributed by atoms with Gasteiger partial charge in [0.15, 0.2) is 0 Å². The van der Waals surface area contributed by atoms with Gasteiger partial charge in [-0.05, 0) is 35.0 Å². The number of morpholine rings is 1. The zero-order chi connectivity index (χ0) is 34.6. The van der Waals surface area contributed by atoms with Crippen molar-refractivity contribution < 1.29 is 33.5 Å². The highest BCUT2D eigenvalue weighted by Crippen LogP contribution is 2.65. The van der Waals surface area contributed by atoms with E-state index >= 15 is 0 Å². The molecule has 1 unspecified atom stereocenters. The van der Waals surface area contributed by atoms with Crippen molar-refractivity contribution in [1.29, 1.82) is 0 Å². The molecule has 6 amide bonds. The monoisotopic (exact) mass is 646 g/mol. The number of nitrogens with one attached hydrogen (secondary N) is 4. The van der Waals surface area contributed by atoms with Gasteiger partial charge >= 0.3 is 6.03 Å². The molecule has 2 aliphatic heterocycles. The third-order valence-electron chi connectivity index (χ3n) is 9.53. The van der Waals surface area contributed by atoms with E-state index in [4.69, 9.17) is 4.74 Å². The molecule has 3 aliphatic rings. The number of carbonyl (C=O) groups is 6. The number of hydrogen-bond acceptors (Lipinski definition) is 7. The fraction of sp³-hybridized carbons (Fsp3) is 0.758. The fourth-order valence-corrected chi connectivity index (χ4v) is 6.66. The molecule has 0 aromatic rings. The predicted molar refractivity (Wildman–Crippen MR) is 172 cm³/mol. The first-order valence-corrected chi connectivity index (χ1v) is 16.4. The van der Waals surface area contributed by atoms with Crippen LogP contribution in [0.4, 0.5) is 4.79 Å². The normalized spacial score (nSPS) is 23.8. The predicted octanol–water partition coefficient (Wildman–Crippen LogP) is 1.22. The fourth-order valence-electron chi connectivity index (χ4n) is 6.66. The summed E-state index contributed by atoms with van der Waals surface area (Å²) >= 11 is 0. The van der Waals surface area contributed by atoms with Crippen LogP contribution in [0.25, 0.3) is 0 Å². The molecule has 0 bridgehead atoms. The summed E-state index contributed by atoms with van der Waals surface area (Å²) in [5.41, 5.74) is -0.944. The highest BCUT2D eigenvalue weighted by molar-refractivity contribution is 6.38. The Morgan fingerprint density at radius 1 is 1.00 bits per heavy atom. The van der Waals surface area contributed by atoms with Crippen LogP contribution in [0, 0.1) is 28.6 Å². The molecule has 2 saturated heterocycles. The molecular formula is C33H54N6O7. The number of nitrogens with zero attached hydrogens (tertiary/aromatic N) is 2. The van der Waals surface area contributed by atoms with Gasteiger partial charge in [-0.3, -0.25) is 24.0 Å². The van der Waals surface area contributed by atoms with Crippen molar-refractivity contribution in [3.63, 3.8) is 0 Å².